The van der Waals surface area contributed by atoms with Gasteiger partial charge in [-0.2, -0.15) is 0 Å². The molecule has 0 aromatic heterocycles. The highest BCUT2D eigenvalue weighted by molar-refractivity contribution is 9.10. The van der Waals surface area contributed by atoms with Crippen molar-refractivity contribution in [1.82, 2.24) is 10.0 Å². The Kier molecular flexibility index (Phi) is 7.82. The van der Waals surface area contributed by atoms with Crippen molar-refractivity contribution < 1.29 is 17.9 Å². The van der Waals surface area contributed by atoms with Crippen molar-refractivity contribution in [2.75, 3.05) is 13.2 Å². The number of rotatable bonds is 9. The lowest BCUT2D eigenvalue weighted by Gasteiger charge is -2.14. The average molecular weight is 455 g/mol. The topological polar surface area (TPSA) is 84.5 Å². The summed E-state index contributed by atoms with van der Waals surface area (Å²) in [5.74, 6) is 0.387. The molecule has 1 amide bonds. The second-order valence-electron chi connectivity index (χ2n) is 5.89. The zero-order valence-electron chi connectivity index (χ0n) is 15.2. The molecule has 0 aliphatic heterocycles. The molecule has 6 nitrogen and oxygen atoms in total. The summed E-state index contributed by atoms with van der Waals surface area (Å²) in [5.41, 5.74) is 0.974. The third kappa shape index (κ3) is 6.64. The third-order valence-corrected chi connectivity index (χ3v) is 5.84. The number of halogens is 1. The van der Waals surface area contributed by atoms with Gasteiger partial charge in [0.25, 0.3) is 0 Å². The zero-order valence-corrected chi connectivity index (χ0v) is 17.6. The first-order valence-corrected chi connectivity index (χ1v) is 10.9. The van der Waals surface area contributed by atoms with Gasteiger partial charge >= 0.3 is 0 Å². The van der Waals surface area contributed by atoms with Crippen molar-refractivity contribution in [1.29, 1.82) is 0 Å². The van der Waals surface area contributed by atoms with Gasteiger partial charge in [-0.3, -0.25) is 4.79 Å². The van der Waals surface area contributed by atoms with Crippen LogP contribution < -0.4 is 14.8 Å². The molecule has 0 bridgehead atoms. The van der Waals surface area contributed by atoms with Gasteiger partial charge in [-0.25, -0.2) is 13.1 Å². The smallest absolute Gasteiger partial charge is 0.240 e. The maximum atomic E-state index is 12.3. The largest absolute Gasteiger partial charge is 0.494 e. The number of carbonyl (C=O) groups excluding carboxylic acids is 1. The first-order chi connectivity index (χ1) is 12.8. The SMILES string of the molecule is CCOc1ccc(S(=O)(=O)NCCC(=O)NC(C)c2ccc(Br)cc2)cc1. The standard InChI is InChI=1S/C19H23BrN2O4S/c1-3-26-17-8-10-18(11-9-17)27(24,25)21-13-12-19(23)22-14(2)15-4-6-16(20)7-5-15/h4-11,14,21H,3,12-13H2,1-2H3,(H,22,23). The highest BCUT2D eigenvalue weighted by atomic mass is 79.9. The minimum absolute atomic E-state index is 0.0223. The van der Waals surface area contributed by atoms with Crippen LogP contribution in [0.4, 0.5) is 0 Å². The Morgan fingerprint density at radius 2 is 1.74 bits per heavy atom. The van der Waals surface area contributed by atoms with Crippen LogP contribution in [0.25, 0.3) is 0 Å². The molecule has 0 heterocycles. The van der Waals surface area contributed by atoms with Gasteiger partial charge in [-0.05, 0) is 55.8 Å². The molecule has 0 fully saturated rings. The summed E-state index contributed by atoms with van der Waals surface area (Å²) in [5, 5.41) is 2.86. The van der Waals surface area contributed by atoms with Crippen LogP contribution in [-0.2, 0) is 14.8 Å². The first-order valence-electron chi connectivity index (χ1n) is 8.59. The molecule has 2 aromatic rings. The molecule has 2 aromatic carbocycles. The number of nitrogens with one attached hydrogen (secondary N) is 2. The predicted octanol–water partition coefficient (Wildman–Crippen LogP) is 3.39. The molecule has 2 N–H and O–H groups in total. The van der Waals surface area contributed by atoms with Gasteiger partial charge in [0.1, 0.15) is 5.75 Å². The summed E-state index contributed by atoms with van der Waals surface area (Å²) in [6.07, 6.45) is 0.0527. The monoisotopic (exact) mass is 454 g/mol. The number of carbonyl (C=O) groups is 1. The Morgan fingerprint density at radius 1 is 1.11 bits per heavy atom. The number of ether oxygens (including phenoxy) is 1. The van der Waals surface area contributed by atoms with E-state index in [-0.39, 0.29) is 29.8 Å². The summed E-state index contributed by atoms with van der Waals surface area (Å²) in [7, 11) is -3.66. The molecule has 1 atom stereocenters. The van der Waals surface area contributed by atoms with Crippen LogP contribution in [0.1, 0.15) is 31.9 Å². The van der Waals surface area contributed by atoms with E-state index in [1.54, 1.807) is 12.1 Å². The molecular weight excluding hydrogens is 432 g/mol. The maximum Gasteiger partial charge on any atom is 0.240 e. The Morgan fingerprint density at radius 3 is 2.33 bits per heavy atom. The first kappa shape index (κ1) is 21.4. The Balaban J connectivity index is 1.83. The van der Waals surface area contributed by atoms with Crippen LogP contribution in [0.2, 0.25) is 0 Å². The van der Waals surface area contributed by atoms with Crippen LogP contribution in [0, 0.1) is 0 Å². The van der Waals surface area contributed by atoms with Gasteiger partial charge in [0.05, 0.1) is 17.5 Å². The fraction of sp³-hybridized carbons (Fsp3) is 0.316. The van der Waals surface area contributed by atoms with Crippen molar-refractivity contribution in [2.45, 2.75) is 31.2 Å². The summed E-state index contributed by atoms with van der Waals surface area (Å²) < 4.78 is 33.2. The van der Waals surface area contributed by atoms with Gasteiger partial charge in [-0.15, -0.1) is 0 Å². The predicted molar refractivity (Wildman–Crippen MR) is 108 cm³/mol. The quantitative estimate of drug-likeness (QED) is 0.607. The van der Waals surface area contributed by atoms with Crippen LogP contribution in [-0.4, -0.2) is 27.5 Å². The van der Waals surface area contributed by atoms with Gasteiger partial charge in [-0.1, -0.05) is 28.1 Å². The minimum atomic E-state index is -3.66. The fourth-order valence-electron chi connectivity index (χ4n) is 2.41. The van der Waals surface area contributed by atoms with Crippen molar-refractivity contribution in [3.05, 3.63) is 58.6 Å². The summed E-state index contributed by atoms with van der Waals surface area (Å²) in [6.45, 7) is 4.27. The Labute approximate surface area is 168 Å². The molecule has 27 heavy (non-hydrogen) atoms. The summed E-state index contributed by atoms with van der Waals surface area (Å²) in [4.78, 5) is 12.2. The van der Waals surface area contributed by atoms with E-state index in [0.29, 0.717) is 12.4 Å². The molecule has 0 spiro atoms. The lowest BCUT2D eigenvalue weighted by molar-refractivity contribution is -0.121. The molecule has 0 aliphatic carbocycles. The fourth-order valence-corrected chi connectivity index (χ4v) is 3.71. The summed E-state index contributed by atoms with van der Waals surface area (Å²) >= 11 is 3.37. The van der Waals surface area contributed by atoms with Crippen LogP contribution >= 0.6 is 15.9 Å². The second-order valence-corrected chi connectivity index (χ2v) is 8.58. The van der Waals surface area contributed by atoms with Crippen molar-refractivity contribution in [3.63, 3.8) is 0 Å². The van der Waals surface area contributed by atoms with E-state index in [9.17, 15) is 13.2 Å². The molecule has 8 heteroatoms. The molecule has 0 aliphatic rings. The van der Waals surface area contributed by atoms with Gasteiger partial charge in [0, 0.05) is 17.4 Å². The highest BCUT2D eigenvalue weighted by Crippen LogP contribution is 2.17. The van der Waals surface area contributed by atoms with E-state index < -0.39 is 10.0 Å². The highest BCUT2D eigenvalue weighted by Gasteiger charge is 2.15. The number of benzene rings is 2. The molecule has 0 saturated carbocycles. The second kappa shape index (κ2) is 9.87. The van der Waals surface area contributed by atoms with Crippen LogP contribution in [0.3, 0.4) is 0 Å². The Hall–Kier alpha value is -1.90. The zero-order chi connectivity index (χ0) is 19.9. The van der Waals surface area contributed by atoms with Crippen molar-refractivity contribution in [2.24, 2.45) is 0 Å². The lowest BCUT2D eigenvalue weighted by Crippen LogP contribution is -2.32. The van der Waals surface area contributed by atoms with E-state index in [1.807, 2.05) is 38.1 Å². The van der Waals surface area contributed by atoms with E-state index in [0.717, 1.165) is 10.0 Å². The van der Waals surface area contributed by atoms with Crippen molar-refractivity contribution >= 4 is 31.9 Å². The average Bonchev–Trinajstić information content (AvgIpc) is 2.63. The van der Waals surface area contributed by atoms with Gasteiger partial charge < -0.3 is 10.1 Å². The number of sulfonamides is 1. The molecular formula is C19H23BrN2O4S. The van der Waals surface area contributed by atoms with Crippen molar-refractivity contribution in [3.8, 4) is 5.75 Å². The molecule has 146 valence electrons. The lowest BCUT2D eigenvalue weighted by atomic mass is 10.1. The van der Waals surface area contributed by atoms with Crippen LogP contribution in [0.5, 0.6) is 5.75 Å². The normalized spacial score (nSPS) is 12.4. The number of hydrogen-bond donors (Lipinski definition) is 2. The van der Waals surface area contributed by atoms with Gasteiger partial charge in [0.2, 0.25) is 15.9 Å². The van der Waals surface area contributed by atoms with E-state index in [1.165, 1.54) is 12.1 Å². The third-order valence-electron chi connectivity index (χ3n) is 3.84. The molecule has 0 radical (unpaired) electrons. The summed E-state index contributed by atoms with van der Waals surface area (Å²) in [6, 6.07) is 13.6. The van der Waals surface area contributed by atoms with E-state index >= 15 is 0 Å². The molecule has 0 saturated heterocycles. The maximum absolute atomic E-state index is 12.3. The molecule has 2 rings (SSSR count). The van der Waals surface area contributed by atoms with Gasteiger partial charge in [0.15, 0.2) is 0 Å². The van der Waals surface area contributed by atoms with E-state index in [4.69, 9.17) is 4.74 Å². The number of hydrogen-bond acceptors (Lipinski definition) is 4. The number of amides is 1. The Bertz CT molecular complexity index is 852. The van der Waals surface area contributed by atoms with Crippen LogP contribution in [0.15, 0.2) is 57.9 Å². The van der Waals surface area contributed by atoms with E-state index in [2.05, 4.69) is 26.0 Å². The minimum Gasteiger partial charge on any atom is -0.494 e. The molecule has 1 unspecified atom stereocenters.